The number of nitrogens with zero attached hydrogens (tertiary/aromatic N) is 1. The molecule has 4 nitrogen and oxygen atoms in total. The van der Waals surface area contributed by atoms with Crippen LogP contribution in [0.5, 0.6) is 0 Å². The summed E-state index contributed by atoms with van der Waals surface area (Å²) in [5.74, 6) is -0.144. The van der Waals surface area contributed by atoms with E-state index in [1.807, 2.05) is 42.6 Å². The number of halogens is 1. The number of carbonyl (C=O) groups excluding carboxylic acids is 2. The van der Waals surface area contributed by atoms with Crippen molar-refractivity contribution in [1.29, 1.82) is 0 Å². The summed E-state index contributed by atoms with van der Waals surface area (Å²) in [5.41, 5.74) is 1.87. The summed E-state index contributed by atoms with van der Waals surface area (Å²) in [7, 11) is 0. The van der Waals surface area contributed by atoms with Crippen molar-refractivity contribution in [3.05, 3.63) is 50.6 Å². The van der Waals surface area contributed by atoms with Crippen LogP contribution in [-0.4, -0.2) is 29.8 Å². The minimum absolute atomic E-state index is 0.0135. The molecule has 1 N–H and O–H groups in total. The van der Waals surface area contributed by atoms with Gasteiger partial charge < -0.3 is 10.2 Å². The molecule has 1 atom stereocenters. The van der Waals surface area contributed by atoms with Crippen LogP contribution in [-0.2, 0) is 4.79 Å². The summed E-state index contributed by atoms with van der Waals surface area (Å²) >= 11 is 4.90. The number of carbonyl (C=O) groups is 2. The van der Waals surface area contributed by atoms with Crippen molar-refractivity contribution in [2.75, 3.05) is 18.4 Å². The molecule has 1 aliphatic rings. The number of hydrogen-bond donors (Lipinski definition) is 1. The zero-order valence-corrected chi connectivity index (χ0v) is 15.8. The van der Waals surface area contributed by atoms with Crippen molar-refractivity contribution in [2.24, 2.45) is 5.92 Å². The Hall–Kier alpha value is -1.66. The molecule has 1 aromatic carbocycles. The maximum atomic E-state index is 12.6. The monoisotopic (exact) mass is 406 g/mol. The van der Waals surface area contributed by atoms with Gasteiger partial charge in [0, 0.05) is 23.2 Å². The highest BCUT2D eigenvalue weighted by atomic mass is 79.9. The summed E-state index contributed by atoms with van der Waals surface area (Å²) < 4.78 is 1.02. The topological polar surface area (TPSA) is 49.4 Å². The molecule has 1 saturated heterocycles. The molecule has 2 heterocycles. The van der Waals surface area contributed by atoms with Crippen molar-refractivity contribution in [3.8, 4) is 0 Å². The van der Waals surface area contributed by atoms with E-state index in [-0.39, 0.29) is 17.7 Å². The van der Waals surface area contributed by atoms with E-state index < -0.39 is 0 Å². The van der Waals surface area contributed by atoms with Crippen LogP contribution >= 0.6 is 27.3 Å². The van der Waals surface area contributed by atoms with E-state index in [1.54, 1.807) is 4.90 Å². The first-order valence-electron chi connectivity index (χ1n) is 7.94. The Morgan fingerprint density at radius 1 is 1.33 bits per heavy atom. The molecule has 0 saturated carbocycles. The van der Waals surface area contributed by atoms with Gasteiger partial charge in [-0.05, 0) is 55.0 Å². The first-order chi connectivity index (χ1) is 11.5. The van der Waals surface area contributed by atoms with Crippen molar-refractivity contribution < 1.29 is 9.59 Å². The van der Waals surface area contributed by atoms with Gasteiger partial charge in [0.05, 0.1) is 10.8 Å². The van der Waals surface area contributed by atoms with E-state index in [0.29, 0.717) is 6.54 Å². The fraction of sp³-hybridized carbons (Fsp3) is 0.333. The zero-order valence-electron chi connectivity index (χ0n) is 13.4. The van der Waals surface area contributed by atoms with Crippen LogP contribution in [0.1, 0.15) is 28.1 Å². The second-order valence-electron chi connectivity index (χ2n) is 6.02. The van der Waals surface area contributed by atoms with Crippen LogP contribution in [0.4, 0.5) is 5.69 Å². The molecular formula is C18H19BrN2O2S. The average Bonchev–Trinajstić information content (AvgIpc) is 3.12. The van der Waals surface area contributed by atoms with Crippen molar-refractivity contribution in [3.63, 3.8) is 0 Å². The minimum Gasteiger partial charge on any atom is -0.337 e. The molecule has 3 rings (SSSR count). The smallest absolute Gasteiger partial charge is 0.263 e. The van der Waals surface area contributed by atoms with E-state index in [2.05, 4.69) is 21.2 Å². The highest BCUT2D eigenvalue weighted by molar-refractivity contribution is 9.10. The Bertz CT molecular complexity index is 745. The van der Waals surface area contributed by atoms with Gasteiger partial charge in [-0.1, -0.05) is 22.0 Å². The fourth-order valence-corrected chi connectivity index (χ4v) is 3.84. The molecule has 0 bridgehead atoms. The lowest BCUT2D eigenvalue weighted by molar-refractivity contribution is -0.121. The third-order valence-electron chi connectivity index (χ3n) is 4.24. The summed E-state index contributed by atoms with van der Waals surface area (Å²) in [6.45, 7) is 3.19. The molecule has 2 amide bonds. The van der Waals surface area contributed by atoms with Gasteiger partial charge in [0.1, 0.15) is 0 Å². The molecule has 0 aliphatic carbocycles. The lowest BCUT2D eigenvalue weighted by atomic mass is 9.96. The highest BCUT2D eigenvalue weighted by Gasteiger charge is 2.29. The van der Waals surface area contributed by atoms with Crippen LogP contribution in [0.3, 0.4) is 0 Å². The Kier molecular flexibility index (Phi) is 5.36. The van der Waals surface area contributed by atoms with Gasteiger partial charge in [0.15, 0.2) is 0 Å². The Morgan fingerprint density at radius 2 is 2.17 bits per heavy atom. The van der Waals surface area contributed by atoms with Crippen molar-refractivity contribution in [2.45, 2.75) is 19.8 Å². The minimum atomic E-state index is -0.161. The van der Waals surface area contributed by atoms with E-state index >= 15 is 0 Å². The van der Waals surface area contributed by atoms with E-state index in [4.69, 9.17) is 0 Å². The van der Waals surface area contributed by atoms with Crippen LogP contribution in [0.2, 0.25) is 0 Å². The van der Waals surface area contributed by atoms with Gasteiger partial charge in [-0.3, -0.25) is 9.59 Å². The average molecular weight is 407 g/mol. The number of rotatable bonds is 3. The SMILES string of the molecule is Cc1cc(NC(=O)C2CCCN(C(=O)c3cccs3)C2)ccc1Br. The van der Waals surface area contributed by atoms with Gasteiger partial charge in [-0.2, -0.15) is 0 Å². The number of hydrogen-bond acceptors (Lipinski definition) is 3. The first kappa shape index (κ1) is 17.2. The summed E-state index contributed by atoms with van der Waals surface area (Å²) in [4.78, 5) is 27.6. The lowest BCUT2D eigenvalue weighted by Crippen LogP contribution is -2.43. The van der Waals surface area contributed by atoms with Gasteiger partial charge in [0.25, 0.3) is 5.91 Å². The summed E-state index contributed by atoms with van der Waals surface area (Å²) in [6.07, 6.45) is 1.67. The Balaban J connectivity index is 1.64. The third-order valence-corrected chi connectivity index (χ3v) is 5.98. The Morgan fingerprint density at radius 3 is 2.88 bits per heavy atom. The molecule has 2 aromatic rings. The van der Waals surface area contributed by atoms with Crippen LogP contribution in [0.15, 0.2) is 40.2 Å². The molecule has 1 aliphatic heterocycles. The number of amides is 2. The number of benzene rings is 1. The van der Waals surface area contributed by atoms with Gasteiger partial charge in [-0.25, -0.2) is 0 Å². The standard InChI is InChI=1S/C18H19BrN2O2S/c1-12-10-14(6-7-15(12)19)20-17(22)13-4-2-8-21(11-13)18(23)16-5-3-9-24-16/h3,5-7,9-10,13H,2,4,8,11H2,1H3,(H,20,22). The van der Waals surface area contributed by atoms with E-state index in [0.717, 1.165) is 40.0 Å². The normalized spacial score (nSPS) is 17.6. The maximum absolute atomic E-state index is 12.6. The third kappa shape index (κ3) is 3.87. The molecule has 24 heavy (non-hydrogen) atoms. The number of anilines is 1. The van der Waals surface area contributed by atoms with Crippen LogP contribution in [0.25, 0.3) is 0 Å². The molecule has 0 radical (unpaired) electrons. The van der Waals surface area contributed by atoms with Gasteiger partial charge in [0.2, 0.25) is 5.91 Å². The molecule has 1 unspecified atom stereocenters. The van der Waals surface area contributed by atoms with Crippen LogP contribution in [0, 0.1) is 12.8 Å². The number of piperidine rings is 1. The summed E-state index contributed by atoms with van der Waals surface area (Å²) in [6, 6.07) is 9.47. The molecule has 1 aromatic heterocycles. The quantitative estimate of drug-likeness (QED) is 0.825. The predicted molar refractivity (Wildman–Crippen MR) is 100 cm³/mol. The van der Waals surface area contributed by atoms with Gasteiger partial charge >= 0.3 is 0 Å². The fourth-order valence-electron chi connectivity index (χ4n) is 2.90. The van der Waals surface area contributed by atoms with Crippen LogP contribution < -0.4 is 5.32 Å². The molecule has 0 spiro atoms. The molecule has 126 valence electrons. The lowest BCUT2D eigenvalue weighted by Gasteiger charge is -2.31. The maximum Gasteiger partial charge on any atom is 0.263 e. The number of aryl methyl sites for hydroxylation is 1. The summed E-state index contributed by atoms with van der Waals surface area (Å²) in [5, 5.41) is 4.88. The molecule has 6 heteroatoms. The van der Waals surface area contributed by atoms with E-state index in [9.17, 15) is 9.59 Å². The number of nitrogens with one attached hydrogen (secondary N) is 1. The number of thiophene rings is 1. The number of likely N-dealkylation sites (tertiary alicyclic amines) is 1. The first-order valence-corrected chi connectivity index (χ1v) is 9.61. The van der Waals surface area contributed by atoms with Crippen molar-refractivity contribution >= 4 is 44.8 Å². The predicted octanol–water partition coefficient (Wildman–Crippen LogP) is 4.31. The van der Waals surface area contributed by atoms with Crippen molar-refractivity contribution in [1.82, 2.24) is 4.90 Å². The molecular weight excluding hydrogens is 388 g/mol. The highest BCUT2D eigenvalue weighted by Crippen LogP contribution is 2.24. The molecule has 1 fully saturated rings. The second-order valence-corrected chi connectivity index (χ2v) is 7.82. The van der Waals surface area contributed by atoms with E-state index in [1.165, 1.54) is 11.3 Å². The largest absolute Gasteiger partial charge is 0.337 e. The Labute approximate surface area is 154 Å². The second kappa shape index (κ2) is 7.49. The zero-order chi connectivity index (χ0) is 17.1. The van der Waals surface area contributed by atoms with Gasteiger partial charge in [-0.15, -0.1) is 11.3 Å².